The molecule has 4 heterocycles. The van der Waals surface area contributed by atoms with Crippen LogP contribution >= 0.6 is 0 Å². The van der Waals surface area contributed by atoms with Crippen LogP contribution in [0.5, 0.6) is 0 Å². The van der Waals surface area contributed by atoms with Gasteiger partial charge in [0.05, 0.1) is 16.7 Å². The highest BCUT2D eigenvalue weighted by Gasteiger charge is 2.13. The fourth-order valence-corrected chi connectivity index (χ4v) is 3.80. The van der Waals surface area contributed by atoms with Crippen LogP contribution in [-0.2, 0) is 0 Å². The number of hydrogen-bond acceptors (Lipinski definition) is 3. The maximum absolute atomic E-state index is 13.8. The second-order valence-electron chi connectivity index (χ2n) is 7.39. The van der Waals surface area contributed by atoms with Crippen LogP contribution in [0.4, 0.5) is 4.39 Å². The van der Waals surface area contributed by atoms with E-state index in [9.17, 15) is 4.39 Å². The van der Waals surface area contributed by atoms with Crippen LogP contribution in [0.1, 0.15) is 12.6 Å². The summed E-state index contributed by atoms with van der Waals surface area (Å²) in [6.07, 6.45) is 7.40. The average Bonchev–Trinajstić information content (AvgIpc) is 3.43. The molecule has 32 heavy (non-hydrogen) atoms. The summed E-state index contributed by atoms with van der Waals surface area (Å²) in [6, 6.07) is 16.2. The van der Waals surface area contributed by atoms with E-state index in [-0.39, 0.29) is 5.82 Å². The first-order valence-corrected chi connectivity index (χ1v) is 10.2. The first-order chi connectivity index (χ1) is 15.6. The van der Waals surface area contributed by atoms with E-state index in [0.29, 0.717) is 5.65 Å². The molecule has 0 saturated heterocycles. The van der Waals surface area contributed by atoms with E-state index in [1.54, 1.807) is 18.5 Å². The Morgan fingerprint density at radius 1 is 1.03 bits per heavy atom. The summed E-state index contributed by atoms with van der Waals surface area (Å²) in [4.78, 5) is 12.2. The van der Waals surface area contributed by atoms with E-state index in [0.717, 1.165) is 49.7 Å². The van der Waals surface area contributed by atoms with Crippen LogP contribution < -0.4 is 10.6 Å². The third-order valence-electron chi connectivity index (χ3n) is 5.36. The molecule has 0 atom stereocenters. The molecular weight excluding hydrogens is 401 g/mol. The minimum absolute atomic E-state index is 0.274. The zero-order valence-electron chi connectivity index (χ0n) is 17.4. The summed E-state index contributed by atoms with van der Waals surface area (Å²) in [5.41, 5.74) is 5.54. The van der Waals surface area contributed by atoms with E-state index < -0.39 is 0 Å². The van der Waals surface area contributed by atoms with Crippen molar-refractivity contribution in [2.24, 2.45) is 0 Å². The molecule has 0 saturated carbocycles. The Labute approximate surface area is 183 Å². The van der Waals surface area contributed by atoms with Gasteiger partial charge in [-0.1, -0.05) is 30.9 Å². The molecule has 0 aliphatic heterocycles. The van der Waals surface area contributed by atoms with Gasteiger partial charge in [-0.3, -0.25) is 10.1 Å². The molecule has 6 heteroatoms. The monoisotopic (exact) mass is 421 g/mol. The van der Waals surface area contributed by atoms with Gasteiger partial charge in [0, 0.05) is 23.0 Å². The summed E-state index contributed by atoms with van der Waals surface area (Å²) < 4.78 is 13.8. The molecule has 0 unspecified atom stereocenters. The number of aromatic amines is 2. The van der Waals surface area contributed by atoms with E-state index in [4.69, 9.17) is 0 Å². The standard InChI is InChI=1S/C26H20FN5/c1-3-22-21(13-16(2)23-9-4-5-11-28-23)25(32-31-22)24-15-20-19(10-12-29-26(20)30-24)17-7-6-8-18(27)14-17/h3-15,31H,2H2,1H3,(H,29,30)/b21-13+,22-3+. The van der Waals surface area contributed by atoms with Crippen molar-refractivity contribution in [1.82, 2.24) is 25.1 Å². The first-order valence-electron chi connectivity index (χ1n) is 10.2. The van der Waals surface area contributed by atoms with Gasteiger partial charge in [0.2, 0.25) is 0 Å². The van der Waals surface area contributed by atoms with Gasteiger partial charge in [0.25, 0.3) is 0 Å². The normalized spacial score (nSPS) is 12.6. The molecule has 5 aromatic rings. The molecule has 0 fully saturated rings. The molecule has 2 N–H and O–H groups in total. The summed E-state index contributed by atoms with van der Waals surface area (Å²) in [5.74, 6) is -0.274. The minimum atomic E-state index is -0.274. The molecule has 156 valence electrons. The Morgan fingerprint density at radius 2 is 1.94 bits per heavy atom. The number of pyridine rings is 2. The number of nitrogens with one attached hydrogen (secondary N) is 2. The third-order valence-corrected chi connectivity index (χ3v) is 5.36. The Kier molecular flexibility index (Phi) is 4.95. The number of rotatable bonds is 4. The number of hydrogen-bond donors (Lipinski definition) is 2. The highest BCUT2D eigenvalue weighted by molar-refractivity contribution is 5.96. The van der Waals surface area contributed by atoms with Gasteiger partial charge < -0.3 is 4.98 Å². The van der Waals surface area contributed by atoms with Gasteiger partial charge in [-0.15, -0.1) is 0 Å². The Bertz CT molecular complexity index is 1560. The van der Waals surface area contributed by atoms with Crippen LogP contribution in [0, 0.1) is 5.82 Å². The SMILES string of the molecule is C=C(/C=c1/c(-c2cc3c(-c4cccc(F)c4)ccnc3[nH]2)n[nH]/c1=C/C)c1ccccn1. The summed E-state index contributed by atoms with van der Waals surface area (Å²) in [6.45, 7) is 6.13. The lowest BCUT2D eigenvalue weighted by atomic mass is 10.0. The zero-order valence-corrected chi connectivity index (χ0v) is 17.4. The van der Waals surface area contributed by atoms with Crippen LogP contribution in [0.3, 0.4) is 0 Å². The van der Waals surface area contributed by atoms with Gasteiger partial charge >= 0.3 is 0 Å². The molecule has 0 amide bonds. The molecule has 0 aliphatic carbocycles. The number of fused-ring (bicyclic) bond motifs is 1. The fraction of sp³-hybridized carbons (Fsp3) is 0.0385. The largest absolute Gasteiger partial charge is 0.338 e. The van der Waals surface area contributed by atoms with Crippen molar-refractivity contribution < 1.29 is 4.39 Å². The molecule has 0 aliphatic rings. The number of allylic oxidation sites excluding steroid dienone is 1. The van der Waals surface area contributed by atoms with E-state index >= 15 is 0 Å². The predicted molar refractivity (Wildman–Crippen MR) is 126 cm³/mol. The van der Waals surface area contributed by atoms with Gasteiger partial charge in [-0.2, -0.15) is 5.10 Å². The van der Waals surface area contributed by atoms with Crippen LogP contribution in [0.15, 0.2) is 73.6 Å². The Balaban J connectivity index is 1.68. The van der Waals surface area contributed by atoms with Gasteiger partial charge in [-0.05, 0) is 66.1 Å². The number of nitrogens with zero attached hydrogens (tertiary/aromatic N) is 3. The summed E-state index contributed by atoms with van der Waals surface area (Å²) in [7, 11) is 0. The summed E-state index contributed by atoms with van der Waals surface area (Å²) in [5, 5.41) is 10.3. The van der Waals surface area contributed by atoms with Crippen molar-refractivity contribution in [2.45, 2.75) is 6.92 Å². The van der Waals surface area contributed by atoms with Crippen molar-refractivity contribution in [3.8, 4) is 22.5 Å². The lowest BCUT2D eigenvalue weighted by Crippen LogP contribution is -2.23. The molecular formula is C26H20FN5. The minimum Gasteiger partial charge on any atom is -0.338 e. The van der Waals surface area contributed by atoms with Gasteiger partial charge in [-0.25, -0.2) is 9.37 Å². The first kappa shape index (κ1) is 19.6. The molecule has 4 aromatic heterocycles. The highest BCUT2D eigenvalue weighted by atomic mass is 19.1. The maximum Gasteiger partial charge on any atom is 0.138 e. The second-order valence-corrected chi connectivity index (χ2v) is 7.39. The van der Waals surface area contributed by atoms with Crippen molar-refractivity contribution in [1.29, 1.82) is 0 Å². The van der Waals surface area contributed by atoms with Crippen molar-refractivity contribution >= 4 is 28.8 Å². The number of aromatic nitrogens is 5. The smallest absolute Gasteiger partial charge is 0.138 e. The molecule has 5 rings (SSSR count). The van der Waals surface area contributed by atoms with Crippen LogP contribution in [0.25, 0.3) is 51.3 Å². The maximum atomic E-state index is 13.8. The molecule has 1 aromatic carbocycles. The highest BCUT2D eigenvalue weighted by Crippen LogP contribution is 2.30. The molecule has 5 nitrogen and oxygen atoms in total. The van der Waals surface area contributed by atoms with E-state index in [1.165, 1.54) is 12.1 Å². The molecule has 0 bridgehead atoms. The lowest BCUT2D eigenvalue weighted by Gasteiger charge is -2.02. The van der Waals surface area contributed by atoms with Crippen molar-refractivity contribution in [2.75, 3.05) is 0 Å². The zero-order chi connectivity index (χ0) is 22.1. The average molecular weight is 421 g/mol. The number of halogens is 1. The predicted octanol–water partition coefficient (Wildman–Crippen LogP) is 4.45. The van der Waals surface area contributed by atoms with Crippen molar-refractivity contribution in [3.63, 3.8) is 0 Å². The number of benzene rings is 1. The fourth-order valence-electron chi connectivity index (χ4n) is 3.80. The lowest BCUT2D eigenvalue weighted by molar-refractivity contribution is 0.628. The quantitative estimate of drug-likeness (QED) is 0.450. The van der Waals surface area contributed by atoms with E-state index in [1.807, 2.05) is 55.5 Å². The Morgan fingerprint density at radius 3 is 2.72 bits per heavy atom. The van der Waals surface area contributed by atoms with E-state index in [2.05, 4.69) is 31.7 Å². The topological polar surface area (TPSA) is 70.2 Å². The third kappa shape index (κ3) is 3.52. The van der Waals surface area contributed by atoms with Crippen molar-refractivity contribution in [3.05, 3.63) is 95.6 Å². The summed E-state index contributed by atoms with van der Waals surface area (Å²) >= 11 is 0. The molecule has 0 radical (unpaired) electrons. The number of H-pyrrole nitrogens is 2. The van der Waals surface area contributed by atoms with Gasteiger partial charge in [0.1, 0.15) is 17.2 Å². The second kappa shape index (κ2) is 8.07. The van der Waals surface area contributed by atoms with Gasteiger partial charge in [0.15, 0.2) is 0 Å². The Hall–Kier alpha value is -4.32. The molecule has 0 spiro atoms. The van der Waals surface area contributed by atoms with Crippen LogP contribution in [-0.4, -0.2) is 25.1 Å². The van der Waals surface area contributed by atoms with Crippen LogP contribution in [0.2, 0.25) is 0 Å².